The number of aromatic nitrogens is 1. The van der Waals surface area contributed by atoms with Crippen molar-refractivity contribution in [2.75, 3.05) is 0 Å². The first-order chi connectivity index (χ1) is 9.67. The average molecular weight is 286 g/mol. The van der Waals surface area contributed by atoms with E-state index in [0.717, 1.165) is 5.56 Å². The molecule has 0 aliphatic carbocycles. The first-order valence-corrected chi connectivity index (χ1v) is 7.24. The van der Waals surface area contributed by atoms with Crippen molar-refractivity contribution in [3.05, 3.63) is 59.9 Å². The summed E-state index contributed by atoms with van der Waals surface area (Å²) in [6.45, 7) is 0. The molecule has 0 saturated carbocycles. The predicted molar refractivity (Wildman–Crippen MR) is 75.1 cm³/mol. The van der Waals surface area contributed by atoms with Crippen LogP contribution in [-0.4, -0.2) is 25.5 Å². The van der Waals surface area contributed by atoms with Crippen molar-refractivity contribution in [3.63, 3.8) is 0 Å². The minimum Gasteiger partial charge on any atom is -0.264 e. The molecule has 1 aliphatic rings. The summed E-state index contributed by atoms with van der Waals surface area (Å²) >= 11 is 0. The Morgan fingerprint density at radius 3 is 2.80 bits per heavy atom. The number of hydrazone groups is 1. The summed E-state index contributed by atoms with van der Waals surface area (Å²) in [6, 6.07) is 10.2. The van der Waals surface area contributed by atoms with Gasteiger partial charge in [0.1, 0.15) is 4.90 Å². The molecule has 3 rings (SSSR count). The molecule has 2 heterocycles. The summed E-state index contributed by atoms with van der Waals surface area (Å²) in [5.74, 6) is 0.223. The summed E-state index contributed by atoms with van der Waals surface area (Å²) < 4.78 is 27.3. The fraction of sp³-hybridized carbons (Fsp3) is 0. The van der Waals surface area contributed by atoms with Crippen molar-refractivity contribution < 1.29 is 8.42 Å². The predicted octanol–water partition coefficient (Wildman–Crippen LogP) is 1.15. The molecular weight excluding hydrogens is 276 g/mol. The fourth-order valence-corrected chi connectivity index (χ4v) is 2.98. The highest BCUT2D eigenvalue weighted by Gasteiger charge is 2.27. The molecule has 6 nitrogen and oxygen atoms in total. The van der Waals surface area contributed by atoms with E-state index >= 15 is 0 Å². The van der Waals surface area contributed by atoms with Crippen LogP contribution in [0.4, 0.5) is 0 Å². The molecule has 0 atom stereocenters. The third-order valence-electron chi connectivity index (χ3n) is 2.70. The lowest BCUT2D eigenvalue weighted by atomic mass is 10.2. The third-order valence-corrected chi connectivity index (χ3v) is 4.03. The molecule has 20 heavy (non-hydrogen) atoms. The highest BCUT2D eigenvalue weighted by Crippen LogP contribution is 2.24. The molecule has 0 bridgehead atoms. The van der Waals surface area contributed by atoms with Gasteiger partial charge in [0.15, 0.2) is 5.84 Å². The highest BCUT2D eigenvalue weighted by atomic mass is 32.2. The molecule has 1 aromatic heterocycles. The molecule has 1 N–H and O–H groups in total. The van der Waals surface area contributed by atoms with E-state index in [4.69, 9.17) is 0 Å². The zero-order chi connectivity index (χ0) is 14.0. The summed E-state index contributed by atoms with van der Waals surface area (Å²) in [4.78, 5) is 4.14. The van der Waals surface area contributed by atoms with E-state index in [9.17, 15) is 8.42 Å². The SMILES string of the molecule is O=S1(=O)N=C(NN=Cc2cccnc2)c2ccccc21. The topological polar surface area (TPSA) is 83.8 Å². The van der Waals surface area contributed by atoms with Crippen LogP contribution in [0.3, 0.4) is 0 Å². The number of nitrogens with zero attached hydrogens (tertiary/aromatic N) is 3. The second-order valence-electron chi connectivity index (χ2n) is 4.07. The van der Waals surface area contributed by atoms with E-state index in [1.54, 1.807) is 42.9 Å². The van der Waals surface area contributed by atoms with E-state index in [1.807, 2.05) is 6.07 Å². The summed E-state index contributed by atoms with van der Waals surface area (Å²) in [6.07, 6.45) is 4.85. The fourth-order valence-electron chi connectivity index (χ4n) is 1.81. The van der Waals surface area contributed by atoms with Crippen LogP contribution in [0.25, 0.3) is 0 Å². The smallest absolute Gasteiger partial charge is 0.264 e. The van der Waals surface area contributed by atoms with Gasteiger partial charge in [0.2, 0.25) is 0 Å². The van der Waals surface area contributed by atoms with Crippen LogP contribution in [0.5, 0.6) is 0 Å². The Balaban J connectivity index is 1.85. The van der Waals surface area contributed by atoms with Crippen molar-refractivity contribution in [3.8, 4) is 0 Å². The second kappa shape index (κ2) is 4.86. The normalized spacial score (nSPS) is 15.9. The number of hydrogen-bond donors (Lipinski definition) is 1. The van der Waals surface area contributed by atoms with Crippen molar-refractivity contribution in [1.82, 2.24) is 10.4 Å². The van der Waals surface area contributed by atoms with Crippen molar-refractivity contribution >= 4 is 22.1 Å². The Hall–Kier alpha value is -2.54. The summed E-state index contributed by atoms with van der Waals surface area (Å²) in [7, 11) is -3.61. The summed E-state index contributed by atoms with van der Waals surface area (Å²) in [5.41, 5.74) is 3.98. The zero-order valence-electron chi connectivity index (χ0n) is 10.3. The molecule has 1 aliphatic heterocycles. The van der Waals surface area contributed by atoms with E-state index in [2.05, 4.69) is 19.9 Å². The molecule has 1 aromatic carbocycles. The number of pyridine rings is 1. The zero-order valence-corrected chi connectivity index (χ0v) is 11.1. The largest absolute Gasteiger partial charge is 0.285 e. The van der Waals surface area contributed by atoms with Crippen molar-refractivity contribution in [2.24, 2.45) is 9.50 Å². The number of nitrogens with one attached hydrogen (secondary N) is 1. The van der Waals surface area contributed by atoms with Crippen LogP contribution in [0, 0.1) is 0 Å². The van der Waals surface area contributed by atoms with Crippen LogP contribution in [0.2, 0.25) is 0 Å². The Labute approximate surface area is 116 Å². The number of sulfonamides is 1. The molecule has 0 amide bonds. The Bertz CT molecular complexity index is 798. The Morgan fingerprint density at radius 2 is 2.00 bits per heavy atom. The second-order valence-corrected chi connectivity index (χ2v) is 5.64. The minimum absolute atomic E-state index is 0.194. The minimum atomic E-state index is -3.61. The Kier molecular flexibility index (Phi) is 3.03. The van der Waals surface area contributed by atoms with Gasteiger partial charge in [-0.05, 0) is 18.2 Å². The maximum absolute atomic E-state index is 11.8. The van der Waals surface area contributed by atoms with E-state index < -0.39 is 10.0 Å². The van der Waals surface area contributed by atoms with Gasteiger partial charge in [-0.2, -0.15) is 13.5 Å². The van der Waals surface area contributed by atoms with Crippen LogP contribution in [-0.2, 0) is 10.0 Å². The number of benzene rings is 1. The van der Waals surface area contributed by atoms with E-state index in [0.29, 0.717) is 5.56 Å². The standard InChI is InChI=1S/C13H10N4O2S/c18-20(19)12-6-2-1-5-11(12)13(17-20)16-15-9-10-4-3-7-14-8-10/h1-9H,(H,16,17). The van der Waals surface area contributed by atoms with E-state index in [-0.39, 0.29) is 10.7 Å². The molecule has 0 unspecified atom stereocenters. The van der Waals surface area contributed by atoms with Gasteiger partial charge in [-0.3, -0.25) is 10.4 Å². The molecule has 0 saturated heterocycles. The third kappa shape index (κ3) is 2.30. The molecule has 0 radical (unpaired) electrons. The molecule has 7 heteroatoms. The highest BCUT2D eigenvalue weighted by molar-refractivity contribution is 7.90. The number of rotatable bonds is 2. The lowest BCUT2D eigenvalue weighted by Gasteiger charge is -1.99. The first-order valence-electron chi connectivity index (χ1n) is 5.80. The monoisotopic (exact) mass is 286 g/mol. The summed E-state index contributed by atoms with van der Waals surface area (Å²) in [5, 5.41) is 3.98. The number of amidine groups is 1. The van der Waals surface area contributed by atoms with Crippen molar-refractivity contribution in [1.29, 1.82) is 0 Å². The van der Waals surface area contributed by atoms with Crippen molar-refractivity contribution in [2.45, 2.75) is 4.90 Å². The van der Waals surface area contributed by atoms with Gasteiger partial charge < -0.3 is 0 Å². The maximum Gasteiger partial charge on any atom is 0.285 e. The molecular formula is C13H10N4O2S. The molecule has 100 valence electrons. The van der Waals surface area contributed by atoms with Crippen LogP contribution < -0.4 is 5.43 Å². The van der Waals surface area contributed by atoms with Gasteiger partial charge in [-0.15, -0.1) is 4.40 Å². The molecule has 2 aromatic rings. The quantitative estimate of drug-likeness (QED) is 0.663. The van der Waals surface area contributed by atoms with E-state index in [1.165, 1.54) is 6.07 Å². The molecule has 0 spiro atoms. The van der Waals surface area contributed by atoms with Gasteiger partial charge in [-0.25, -0.2) is 0 Å². The van der Waals surface area contributed by atoms with Gasteiger partial charge in [0.25, 0.3) is 10.0 Å². The molecule has 0 fully saturated rings. The average Bonchev–Trinajstić information content (AvgIpc) is 2.72. The van der Waals surface area contributed by atoms with Gasteiger partial charge in [-0.1, -0.05) is 18.2 Å². The van der Waals surface area contributed by atoms with Crippen LogP contribution >= 0.6 is 0 Å². The lowest BCUT2D eigenvalue weighted by Crippen LogP contribution is -2.17. The van der Waals surface area contributed by atoms with Gasteiger partial charge in [0, 0.05) is 23.5 Å². The van der Waals surface area contributed by atoms with Crippen LogP contribution in [0.15, 0.2) is 63.2 Å². The maximum atomic E-state index is 11.8. The van der Waals surface area contributed by atoms with Crippen LogP contribution in [0.1, 0.15) is 11.1 Å². The van der Waals surface area contributed by atoms with Gasteiger partial charge >= 0.3 is 0 Å². The lowest BCUT2D eigenvalue weighted by molar-refractivity contribution is 0.599. The Morgan fingerprint density at radius 1 is 1.15 bits per heavy atom. The number of fused-ring (bicyclic) bond motifs is 1. The first kappa shape index (κ1) is 12.5. The van der Waals surface area contributed by atoms with Gasteiger partial charge in [0.05, 0.1) is 6.21 Å². The number of hydrogen-bond acceptors (Lipinski definition) is 5.